The van der Waals surface area contributed by atoms with Crippen LogP contribution in [0.25, 0.3) is 16.8 Å². The summed E-state index contributed by atoms with van der Waals surface area (Å²) in [5, 5.41) is 7.15. The van der Waals surface area contributed by atoms with Crippen LogP contribution in [0.1, 0.15) is 59.5 Å². The lowest BCUT2D eigenvalue weighted by Gasteiger charge is -2.39. The van der Waals surface area contributed by atoms with Crippen LogP contribution in [0.15, 0.2) is 55.1 Å². The van der Waals surface area contributed by atoms with Gasteiger partial charge >= 0.3 is 0 Å². The summed E-state index contributed by atoms with van der Waals surface area (Å²) in [5.74, 6) is -1.07. The van der Waals surface area contributed by atoms with Gasteiger partial charge in [0.2, 0.25) is 0 Å². The molecule has 1 saturated heterocycles. The molecule has 1 fully saturated rings. The highest BCUT2D eigenvalue weighted by atomic mass is 19.1. The summed E-state index contributed by atoms with van der Waals surface area (Å²) in [7, 11) is 1.85. The molecular weight excluding hydrogens is 483 g/mol. The van der Waals surface area contributed by atoms with Crippen molar-refractivity contribution in [2.75, 3.05) is 13.1 Å². The number of carbonyl (C=O) groups is 2. The summed E-state index contributed by atoms with van der Waals surface area (Å²) < 4.78 is 18.1. The fourth-order valence-electron chi connectivity index (χ4n) is 5.37. The first kappa shape index (κ1) is 25.8. The Morgan fingerprint density at radius 2 is 1.87 bits per heavy atom. The number of benzene rings is 1. The average Bonchev–Trinajstić information content (AvgIpc) is 3.53. The van der Waals surface area contributed by atoms with E-state index in [0.29, 0.717) is 35.5 Å². The van der Waals surface area contributed by atoms with E-state index >= 15 is 0 Å². The molecule has 1 amide bonds. The maximum atomic E-state index is 14.7. The van der Waals surface area contributed by atoms with Gasteiger partial charge in [-0.2, -0.15) is 5.10 Å². The van der Waals surface area contributed by atoms with E-state index in [4.69, 9.17) is 0 Å². The monoisotopic (exact) mass is 516 g/mol. The smallest absolute Gasteiger partial charge is 0.251 e. The van der Waals surface area contributed by atoms with Crippen LogP contribution in [-0.2, 0) is 13.5 Å². The van der Waals surface area contributed by atoms with Gasteiger partial charge in [0.05, 0.1) is 12.4 Å². The van der Waals surface area contributed by atoms with Crippen LogP contribution in [0.4, 0.5) is 4.39 Å². The zero-order chi connectivity index (χ0) is 26.8. The van der Waals surface area contributed by atoms with Crippen molar-refractivity contribution in [2.24, 2.45) is 7.05 Å². The number of fused-ring (bicyclic) bond motifs is 1. The second kappa shape index (κ2) is 10.9. The maximum Gasteiger partial charge on any atom is 0.251 e. The molecule has 5 rings (SSSR count). The fourth-order valence-corrected chi connectivity index (χ4v) is 5.37. The predicted octanol–water partition coefficient (Wildman–Crippen LogP) is 4.29. The molecule has 3 aromatic heterocycles. The molecule has 1 aliphatic rings. The number of pyridine rings is 1. The number of aryl methyl sites for hydroxylation is 1. The van der Waals surface area contributed by atoms with Crippen LogP contribution < -0.4 is 5.32 Å². The van der Waals surface area contributed by atoms with Crippen molar-refractivity contribution < 1.29 is 14.0 Å². The van der Waals surface area contributed by atoms with Crippen LogP contribution >= 0.6 is 0 Å². The number of hydrogen-bond donors (Lipinski definition) is 1. The molecule has 0 radical (unpaired) electrons. The van der Waals surface area contributed by atoms with E-state index in [1.807, 2.05) is 25.4 Å². The van der Waals surface area contributed by atoms with Crippen LogP contribution in [0.5, 0.6) is 0 Å². The third-order valence-electron chi connectivity index (χ3n) is 7.53. The number of carbonyl (C=O) groups excluding carboxylic acids is 2. The second-order valence-electron chi connectivity index (χ2n) is 10.2. The van der Waals surface area contributed by atoms with Crippen molar-refractivity contribution in [3.63, 3.8) is 0 Å². The molecule has 1 N–H and O–H groups in total. The Hall–Kier alpha value is -3.85. The summed E-state index contributed by atoms with van der Waals surface area (Å²) in [6.45, 7) is 5.74. The van der Waals surface area contributed by atoms with Crippen LogP contribution in [0, 0.1) is 5.82 Å². The normalized spacial score (nSPS) is 18.1. The van der Waals surface area contributed by atoms with Gasteiger partial charge in [0.25, 0.3) is 5.91 Å². The maximum absolute atomic E-state index is 14.7. The minimum atomic E-state index is -0.515. The first-order valence-corrected chi connectivity index (χ1v) is 13.1. The van der Waals surface area contributed by atoms with E-state index in [2.05, 4.69) is 34.1 Å². The highest BCUT2D eigenvalue weighted by Crippen LogP contribution is 2.23. The van der Waals surface area contributed by atoms with E-state index in [9.17, 15) is 14.0 Å². The number of rotatable bonds is 8. The summed E-state index contributed by atoms with van der Waals surface area (Å²) in [5.41, 5.74) is 3.38. The molecular formula is C29H33FN6O2. The Morgan fingerprint density at radius 1 is 1.08 bits per heavy atom. The molecule has 4 heterocycles. The van der Waals surface area contributed by atoms with Gasteiger partial charge in [0.1, 0.15) is 17.2 Å². The van der Waals surface area contributed by atoms with Gasteiger partial charge in [-0.1, -0.05) is 6.42 Å². The largest absolute Gasteiger partial charge is 0.351 e. The Bertz CT molecular complexity index is 1470. The Balaban J connectivity index is 1.26. The number of halogens is 1. The van der Waals surface area contributed by atoms with Crippen molar-refractivity contribution in [2.45, 2.75) is 51.6 Å². The van der Waals surface area contributed by atoms with Gasteiger partial charge in [0.15, 0.2) is 5.78 Å². The summed E-state index contributed by atoms with van der Waals surface area (Å²) >= 11 is 0. The highest BCUT2D eigenvalue weighted by Gasteiger charge is 2.24. The number of Topliss-reactive ketones (excluding diaryl/α,β-unsaturated/α-hetero) is 1. The quantitative estimate of drug-likeness (QED) is 0.353. The summed E-state index contributed by atoms with van der Waals surface area (Å²) in [6, 6.07) is 8.95. The highest BCUT2D eigenvalue weighted by molar-refractivity contribution is 5.98. The van der Waals surface area contributed by atoms with Crippen molar-refractivity contribution in [3.05, 3.63) is 77.8 Å². The molecule has 0 saturated carbocycles. The van der Waals surface area contributed by atoms with Crippen molar-refractivity contribution in [1.29, 1.82) is 0 Å². The van der Waals surface area contributed by atoms with Gasteiger partial charge < -0.3 is 5.32 Å². The number of nitrogens with zero attached hydrogens (tertiary/aromatic N) is 5. The SMILES string of the molecule is C[C@@H]1CCC[C@H](C)N1CCNC(=O)c1ccc(F)c(CC(=O)c2cnc3cc(-c4cnn(C)c4)ccn23)c1. The third kappa shape index (κ3) is 5.38. The number of hydrogen-bond acceptors (Lipinski definition) is 5. The molecule has 198 valence electrons. The number of ketones is 1. The lowest BCUT2D eigenvalue weighted by Crippen LogP contribution is -2.47. The Kier molecular flexibility index (Phi) is 7.37. The lowest BCUT2D eigenvalue weighted by atomic mass is 9.98. The second-order valence-corrected chi connectivity index (χ2v) is 10.2. The van der Waals surface area contributed by atoms with E-state index in [0.717, 1.165) is 17.7 Å². The average molecular weight is 517 g/mol. The minimum absolute atomic E-state index is 0.173. The topological polar surface area (TPSA) is 84.5 Å². The van der Waals surface area contributed by atoms with Gasteiger partial charge in [-0.25, -0.2) is 9.37 Å². The van der Waals surface area contributed by atoms with Crippen molar-refractivity contribution in [3.8, 4) is 11.1 Å². The number of amides is 1. The van der Waals surface area contributed by atoms with E-state index in [1.165, 1.54) is 43.7 Å². The molecule has 8 nitrogen and oxygen atoms in total. The van der Waals surface area contributed by atoms with E-state index in [-0.39, 0.29) is 23.7 Å². The van der Waals surface area contributed by atoms with Crippen LogP contribution in [0.2, 0.25) is 0 Å². The molecule has 0 unspecified atom stereocenters. The van der Waals surface area contributed by atoms with Crippen molar-refractivity contribution >= 4 is 17.3 Å². The van der Waals surface area contributed by atoms with Gasteiger partial charge in [-0.05, 0) is 68.1 Å². The fraction of sp³-hybridized carbons (Fsp3) is 0.379. The predicted molar refractivity (Wildman–Crippen MR) is 144 cm³/mol. The zero-order valence-corrected chi connectivity index (χ0v) is 22.0. The van der Waals surface area contributed by atoms with Crippen LogP contribution in [-0.4, -0.2) is 60.9 Å². The number of likely N-dealkylation sites (tertiary alicyclic amines) is 1. The van der Waals surface area contributed by atoms with E-state index in [1.54, 1.807) is 21.5 Å². The standard InChI is InChI=1S/C29H33FN6O2/c1-19-5-4-6-20(2)35(19)12-10-31-29(38)22-7-8-25(30)23(13-22)14-27(37)26-17-32-28-15-21(9-11-36(26)28)24-16-33-34(3)18-24/h7-9,11,13,15-20H,4-6,10,12,14H2,1-3H3,(H,31,38)/t19-,20+. The number of nitrogens with one attached hydrogen (secondary N) is 1. The first-order chi connectivity index (χ1) is 18.3. The number of aromatic nitrogens is 4. The zero-order valence-electron chi connectivity index (χ0n) is 22.0. The Labute approximate surface area is 221 Å². The Morgan fingerprint density at radius 3 is 2.61 bits per heavy atom. The van der Waals surface area contributed by atoms with E-state index < -0.39 is 5.82 Å². The van der Waals surface area contributed by atoms with Gasteiger partial charge in [-0.3, -0.25) is 23.6 Å². The minimum Gasteiger partial charge on any atom is -0.351 e. The molecule has 2 atom stereocenters. The summed E-state index contributed by atoms with van der Waals surface area (Å²) in [4.78, 5) is 32.7. The lowest BCUT2D eigenvalue weighted by molar-refractivity contribution is 0.0888. The molecule has 1 aliphatic heterocycles. The third-order valence-corrected chi connectivity index (χ3v) is 7.53. The molecule has 0 bridgehead atoms. The molecule has 1 aromatic carbocycles. The van der Waals surface area contributed by atoms with Gasteiger partial charge in [0, 0.05) is 62.2 Å². The van der Waals surface area contributed by atoms with Crippen molar-refractivity contribution in [1.82, 2.24) is 29.4 Å². The molecule has 0 aliphatic carbocycles. The van der Waals surface area contributed by atoms with Crippen LogP contribution in [0.3, 0.4) is 0 Å². The number of imidazole rings is 1. The first-order valence-electron chi connectivity index (χ1n) is 13.1. The molecule has 9 heteroatoms. The van der Waals surface area contributed by atoms with Gasteiger partial charge in [-0.15, -0.1) is 0 Å². The molecule has 4 aromatic rings. The number of piperidine rings is 1. The molecule has 38 heavy (non-hydrogen) atoms. The summed E-state index contributed by atoms with van der Waals surface area (Å²) in [6.07, 6.45) is 10.4. The molecule has 0 spiro atoms.